The summed E-state index contributed by atoms with van der Waals surface area (Å²) in [6.45, 7) is 0.474. The van der Waals surface area contributed by atoms with E-state index in [2.05, 4.69) is 10.3 Å². The zero-order valence-electron chi connectivity index (χ0n) is 12.0. The number of nitrogens with zero attached hydrogens (tertiary/aromatic N) is 1. The van der Waals surface area contributed by atoms with Gasteiger partial charge in [-0.05, 0) is 23.6 Å². The Morgan fingerprint density at radius 1 is 1.05 bits per heavy atom. The Morgan fingerprint density at radius 2 is 1.86 bits per heavy atom. The molecule has 0 radical (unpaired) electrons. The molecule has 0 atom stereocenters. The van der Waals surface area contributed by atoms with Crippen molar-refractivity contribution in [2.24, 2.45) is 0 Å². The highest BCUT2D eigenvalue weighted by molar-refractivity contribution is 6.03. The minimum Gasteiger partial charge on any atom is -0.506 e. The average Bonchev–Trinajstić information content (AvgIpc) is 2.56. The monoisotopic (exact) mass is 292 g/mol. The molecule has 4 heteroatoms. The average molecular weight is 292 g/mol. The van der Waals surface area contributed by atoms with Gasteiger partial charge in [-0.25, -0.2) is 0 Å². The predicted molar refractivity (Wildman–Crippen MR) is 85.9 cm³/mol. The first-order valence-electron chi connectivity index (χ1n) is 7.14. The molecule has 22 heavy (non-hydrogen) atoms. The van der Waals surface area contributed by atoms with Crippen LogP contribution in [0.3, 0.4) is 0 Å². The number of carbonyl (C=O) groups is 1. The molecule has 3 rings (SSSR count). The van der Waals surface area contributed by atoms with Crippen LogP contribution in [0.1, 0.15) is 16.1 Å². The Hall–Kier alpha value is -2.88. The summed E-state index contributed by atoms with van der Waals surface area (Å²) >= 11 is 0. The quantitative estimate of drug-likeness (QED) is 0.777. The second-order valence-corrected chi connectivity index (χ2v) is 5.01. The lowest BCUT2D eigenvalue weighted by atomic mass is 10.0. The van der Waals surface area contributed by atoms with Crippen molar-refractivity contribution in [1.29, 1.82) is 0 Å². The van der Waals surface area contributed by atoms with E-state index >= 15 is 0 Å². The van der Waals surface area contributed by atoms with Crippen LogP contribution in [0.2, 0.25) is 0 Å². The number of amides is 1. The molecule has 1 aromatic heterocycles. The van der Waals surface area contributed by atoms with Crippen LogP contribution in [-0.4, -0.2) is 22.5 Å². The summed E-state index contributed by atoms with van der Waals surface area (Å²) in [4.78, 5) is 16.4. The van der Waals surface area contributed by atoms with Crippen molar-refractivity contribution >= 4 is 16.7 Å². The molecule has 110 valence electrons. The van der Waals surface area contributed by atoms with Crippen LogP contribution < -0.4 is 5.32 Å². The van der Waals surface area contributed by atoms with Gasteiger partial charge in [0.1, 0.15) is 5.75 Å². The van der Waals surface area contributed by atoms with Gasteiger partial charge in [-0.15, -0.1) is 0 Å². The number of carbonyl (C=O) groups excluding carboxylic acids is 1. The van der Waals surface area contributed by atoms with Crippen LogP contribution in [-0.2, 0) is 6.42 Å². The highest BCUT2D eigenvalue weighted by Crippen LogP contribution is 2.28. The van der Waals surface area contributed by atoms with Crippen molar-refractivity contribution in [3.05, 3.63) is 72.1 Å². The molecule has 0 aliphatic rings. The third kappa shape index (κ3) is 2.91. The molecular formula is C18H16N2O2. The minimum atomic E-state index is -0.279. The first kappa shape index (κ1) is 14.1. The molecule has 2 N–H and O–H groups in total. The van der Waals surface area contributed by atoms with Crippen LogP contribution in [0.15, 0.2) is 60.8 Å². The Balaban J connectivity index is 1.71. The van der Waals surface area contributed by atoms with Crippen molar-refractivity contribution in [3.8, 4) is 5.75 Å². The largest absolute Gasteiger partial charge is 0.506 e. The maximum atomic E-state index is 12.2. The Bertz CT molecular complexity index is 801. The second-order valence-electron chi connectivity index (χ2n) is 5.01. The summed E-state index contributed by atoms with van der Waals surface area (Å²) in [5.41, 5.74) is 1.21. The number of rotatable bonds is 4. The number of hydrogen-bond donors (Lipinski definition) is 2. The topological polar surface area (TPSA) is 62.2 Å². The van der Waals surface area contributed by atoms with Gasteiger partial charge < -0.3 is 10.4 Å². The van der Waals surface area contributed by atoms with Crippen LogP contribution in [0, 0.1) is 0 Å². The van der Waals surface area contributed by atoms with E-state index in [4.69, 9.17) is 0 Å². The second kappa shape index (κ2) is 6.26. The predicted octanol–water partition coefficient (Wildman–Crippen LogP) is 2.91. The molecule has 3 aromatic rings. The van der Waals surface area contributed by atoms with Crippen LogP contribution in [0.4, 0.5) is 0 Å². The smallest absolute Gasteiger partial charge is 0.255 e. The number of phenols is 1. The number of fused-ring (bicyclic) bond motifs is 1. The lowest BCUT2D eigenvalue weighted by Gasteiger charge is -2.09. The lowest BCUT2D eigenvalue weighted by Crippen LogP contribution is -2.26. The van der Waals surface area contributed by atoms with Crippen molar-refractivity contribution in [3.63, 3.8) is 0 Å². The molecule has 2 aromatic carbocycles. The normalized spacial score (nSPS) is 10.5. The summed E-state index contributed by atoms with van der Waals surface area (Å²) in [7, 11) is 0. The number of hydrogen-bond acceptors (Lipinski definition) is 3. The summed E-state index contributed by atoms with van der Waals surface area (Å²) in [5, 5.41) is 14.7. The van der Waals surface area contributed by atoms with Gasteiger partial charge in [0.05, 0.1) is 5.56 Å². The molecular weight excluding hydrogens is 276 g/mol. The molecule has 0 aliphatic carbocycles. The molecule has 0 spiro atoms. The lowest BCUT2D eigenvalue weighted by molar-refractivity contribution is 0.0951. The van der Waals surface area contributed by atoms with Gasteiger partial charge in [0.2, 0.25) is 0 Å². The van der Waals surface area contributed by atoms with Crippen molar-refractivity contribution in [2.75, 3.05) is 6.54 Å². The Morgan fingerprint density at radius 3 is 2.68 bits per heavy atom. The Labute approximate surface area is 128 Å². The van der Waals surface area contributed by atoms with Gasteiger partial charge in [0, 0.05) is 30.2 Å². The molecule has 0 unspecified atom stereocenters. The number of nitrogens with one attached hydrogen (secondary N) is 1. The first-order chi connectivity index (χ1) is 10.8. The molecule has 4 nitrogen and oxygen atoms in total. The number of benzene rings is 2. The van der Waals surface area contributed by atoms with E-state index in [1.165, 1.54) is 0 Å². The van der Waals surface area contributed by atoms with Crippen molar-refractivity contribution in [2.45, 2.75) is 6.42 Å². The van der Waals surface area contributed by atoms with E-state index in [-0.39, 0.29) is 11.7 Å². The zero-order valence-corrected chi connectivity index (χ0v) is 12.0. The standard InChI is InChI=1S/C18H16N2O2/c21-17-15-7-2-1-5-13(15)8-9-16(17)18(22)20-12-10-14-6-3-4-11-19-14/h1-9,11,21H,10,12H2,(H,20,22). The number of phenolic OH excluding ortho intramolecular Hbond substituents is 1. The van der Waals surface area contributed by atoms with Crippen molar-refractivity contribution < 1.29 is 9.90 Å². The summed E-state index contributed by atoms with van der Waals surface area (Å²) in [6.07, 6.45) is 2.38. The first-order valence-corrected chi connectivity index (χ1v) is 7.14. The molecule has 0 aliphatic heterocycles. The third-order valence-electron chi connectivity index (χ3n) is 3.54. The maximum Gasteiger partial charge on any atom is 0.255 e. The van der Waals surface area contributed by atoms with Gasteiger partial charge in [-0.1, -0.05) is 36.4 Å². The van der Waals surface area contributed by atoms with E-state index in [1.54, 1.807) is 18.3 Å². The molecule has 0 fully saturated rings. The fraction of sp³-hybridized carbons (Fsp3) is 0.111. The Kier molecular flexibility index (Phi) is 4.01. The van der Waals surface area contributed by atoms with Crippen LogP contribution in [0.5, 0.6) is 5.75 Å². The third-order valence-corrected chi connectivity index (χ3v) is 3.54. The molecule has 1 heterocycles. The number of aromatic hydroxyl groups is 1. The van der Waals surface area contributed by atoms with E-state index < -0.39 is 0 Å². The molecule has 0 saturated heterocycles. The van der Waals surface area contributed by atoms with Gasteiger partial charge in [0.25, 0.3) is 5.91 Å². The van der Waals surface area contributed by atoms with E-state index in [0.29, 0.717) is 23.9 Å². The van der Waals surface area contributed by atoms with E-state index in [9.17, 15) is 9.90 Å². The van der Waals surface area contributed by atoms with E-state index in [0.717, 1.165) is 11.1 Å². The zero-order chi connectivity index (χ0) is 15.4. The van der Waals surface area contributed by atoms with Gasteiger partial charge in [-0.2, -0.15) is 0 Å². The fourth-order valence-corrected chi connectivity index (χ4v) is 2.38. The van der Waals surface area contributed by atoms with Crippen LogP contribution >= 0.6 is 0 Å². The van der Waals surface area contributed by atoms with Crippen LogP contribution in [0.25, 0.3) is 10.8 Å². The summed E-state index contributed by atoms with van der Waals surface area (Å²) < 4.78 is 0. The van der Waals surface area contributed by atoms with Gasteiger partial charge in [0.15, 0.2) is 0 Å². The minimum absolute atomic E-state index is 0.0217. The van der Waals surface area contributed by atoms with Gasteiger partial charge in [-0.3, -0.25) is 9.78 Å². The maximum absolute atomic E-state index is 12.2. The van der Waals surface area contributed by atoms with Crippen molar-refractivity contribution in [1.82, 2.24) is 10.3 Å². The summed E-state index contributed by atoms with van der Waals surface area (Å²) in [5.74, 6) is -0.257. The van der Waals surface area contributed by atoms with E-state index in [1.807, 2.05) is 42.5 Å². The molecule has 0 bridgehead atoms. The highest BCUT2D eigenvalue weighted by atomic mass is 16.3. The van der Waals surface area contributed by atoms with Gasteiger partial charge >= 0.3 is 0 Å². The number of aromatic nitrogens is 1. The highest BCUT2D eigenvalue weighted by Gasteiger charge is 2.13. The molecule has 1 amide bonds. The number of pyridine rings is 1. The SMILES string of the molecule is O=C(NCCc1ccccn1)c1ccc2ccccc2c1O. The fourth-order valence-electron chi connectivity index (χ4n) is 2.38. The molecule has 0 saturated carbocycles. The summed E-state index contributed by atoms with van der Waals surface area (Å²) in [6, 6.07) is 16.6.